The molecular weight excluding hydrogens is 292 g/mol. The molecule has 0 aliphatic rings. The first-order valence-electron chi connectivity index (χ1n) is 6.27. The van der Waals surface area contributed by atoms with Gasteiger partial charge in [0.15, 0.2) is 5.11 Å². The lowest BCUT2D eigenvalue weighted by molar-refractivity contribution is 0.0587. The second kappa shape index (κ2) is 7.58. The van der Waals surface area contributed by atoms with Gasteiger partial charge in [-0.25, -0.2) is 9.59 Å². The molecule has 0 aliphatic carbocycles. The highest BCUT2D eigenvalue weighted by Gasteiger charge is 2.16. The summed E-state index contributed by atoms with van der Waals surface area (Å²) in [5.41, 5.74) is 0.959. The number of ether oxygens (including phenoxy) is 2. The first kappa shape index (κ1) is 16.9. The molecule has 1 aromatic rings. The maximum atomic E-state index is 11.7. The number of carbonyl (C=O) groups excluding carboxylic acids is 2. The predicted molar refractivity (Wildman–Crippen MR) is 83.6 cm³/mol. The molecule has 0 fully saturated rings. The van der Waals surface area contributed by atoms with E-state index in [0.29, 0.717) is 16.4 Å². The number of carbonyl (C=O) groups is 2. The number of benzene rings is 1. The number of methoxy groups -OCH3 is 2. The smallest absolute Gasteiger partial charge is 0.339 e. The quantitative estimate of drug-likeness (QED) is 0.650. The molecule has 2 N–H and O–H groups in total. The zero-order valence-corrected chi connectivity index (χ0v) is 13.2. The molecule has 0 bridgehead atoms. The van der Waals surface area contributed by atoms with Crippen molar-refractivity contribution in [3.8, 4) is 0 Å². The zero-order chi connectivity index (χ0) is 16.0. The van der Waals surface area contributed by atoms with Gasteiger partial charge in [0.25, 0.3) is 0 Å². The Morgan fingerprint density at radius 1 is 1.14 bits per heavy atom. The van der Waals surface area contributed by atoms with E-state index in [4.69, 9.17) is 17.0 Å². The Hall–Kier alpha value is -2.15. The van der Waals surface area contributed by atoms with Gasteiger partial charge in [-0.3, -0.25) is 0 Å². The van der Waals surface area contributed by atoms with Crippen molar-refractivity contribution < 1.29 is 19.1 Å². The number of thiocarbonyl (C=S) groups is 1. The van der Waals surface area contributed by atoms with Gasteiger partial charge in [0, 0.05) is 6.04 Å². The third-order valence-electron chi connectivity index (χ3n) is 2.51. The average Bonchev–Trinajstić information content (AvgIpc) is 2.44. The lowest BCUT2D eigenvalue weighted by atomic mass is 10.1. The molecule has 7 heteroatoms. The van der Waals surface area contributed by atoms with Crippen LogP contribution in [0, 0.1) is 0 Å². The van der Waals surface area contributed by atoms with Gasteiger partial charge >= 0.3 is 11.9 Å². The molecule has 0 amide bonds. The fourth-order valence-corrected chi connectivity index (χ4v) is 1.95. The topological polar surface area (TPSA) is 76.7 Å². The fraction of sp³-hybridized carbons (Fsp3) is 0.357. The lowest BCUT2D eigenvalue weighted by Crippen LogP contribution is -2.34. The SMILES string of the molecule is COC(=O)c1ccc(C(=O)OC)c(NC(=S)NC(C)C)c1. The Balaban J connectivity index is 3.13. The molecule has 21 heavy (non-hydrogen) atoms. The van der Waals surface area contributed by atoms with Crippen LogP contribution < -0.4 is 10.6 Å². The van der Waals surface area contributed by atoms with E-state index in [1.807, 2.05) is 13.8 Å². The van der Waals surface area contributed by atoms with Gasteiger partial charge in [-0.05, 0) is 44.3 Å². The van der Waals surface area contributed by atoms with Crippen LogP contribution in [0.5, 0.6) is 0 Å². The van der Waals surface area contributed by atoms with E-state index in [0.717, 1.165) is 0 Å². The second-order valence-corrected chi connectivity index (χ2v) is 4.90. The molecule has 1 rings (SSSR count). The van der Waals surface area contributed by atoms with Crippen molar-refractivity contribution in [2.75, 3.05) is 19.5 Å². The maximum absolute atomic E-state index is 11.7. The Morgan fingerprint density at radius 2 is 1.76 bits per heavy atom. The van der Waals surface area contributed by atoms with Crippen LogP contribution in [-0.4, -0.2) is 37.3 Å². The number of esters is 2. The molecule has 0 heterocycles. The fourth-order valence-electron chi connectivity index (χ4n) is 1.60. The number of hydrogen-bond acceptors (Lipinski definition) is 5. The Kier molecular flexibility index (Phi) is 6.10. The van der Waals surface area contributed by atoms with Gasteiger partial charge in [-0.2, -0.15) is 0 Å². The Morgan fingerprint density at radius 3 is 2.29 bits per heavy atom. The molecule has 0 atom stereocenters. The first-order valence-corrected chi connectivity index (χ1v) is 6.68. The third-order valence-corrected chi connectivity index (χ3v) is 2.73. The number of nitrogens with one attached hydrogen (secondary N) is 2. The first-order chi connectivity index (χ1) is 9.88. The Bertz CT molecular complexity index is 558. The van der Waals surface area contributed by atoms with E-state index < -0.39 is 11.9 Å². The van der Waals surface area contributed by atoms with Crippen LogP contribution in [0.2, 0.25) is 0 Å². The standard InChI is InChI=1S/C14H18N2O4S/c1-8(2)15-14(21)16-11-7-9(12(17)19-3)5-6-10(11)13(18)20-4/h5-8H,1-4H3,(H2,15,16,21). The molecule has 1 aromatic carbocycles. The number of anilines is 1. The molecular formula is C14H18N2O4S. The maximum Gasteiger partial charge on any atom is 0.339 e. The summed E-state index contributed by atoms with van der Waals surface area (Å²) in [5.74, 6) is -1.03. The van der Waals surface area contributed by atoms with Crippen LogP contribution >= 0.6 is 12.2 Å². The highest BCUT2D eigenvalue weighted by Crippen LogP contribution is 2.19. The van der Waals surface area contributed by atoms with Crippen molar-refractivity contribution in [1.29, 1.82) is 0 Å². The van der Waals surface area contributed by atoms with Gasteiger partial charge in [0.05, 0.1) is 31.0 Å². The van der Waals surface area contributed by atoms with Crippen LogP contribution in [0.3, 0.4) is 0 Å². The third kappa shape index (κ3) is 4.71. The van der Waals surface area contributed by atoms with Crippen molar-refractivity contribution in [1.82, 2.24) is 5.32 Å². The minimum absolute atomic E-state index is 0.135. The van der Waals surface area contributed by atoms with E-state index in [-0.39, 0.29) is 11.6 Å². The average molecular weight is 310 g/mol. The summed E-state index contributed by atoms with van der Waals surface area (Å²) in [6.45, 7) is 3.86. The lowest BCUT2D eigenvalue weighted by Gasteiger charge is -2.15. The number of hydrogen-bond donors (Lipinski definition) is 2. The van der Waals surface area contributed by atoms with Crippen LogP contribution in [0.4, 0.5) is 5.69 Å². The molecule has 0 radical (unpaired) electrons. The summed E-state index contributed by atoms with van der Waals surface area (Å²) in [6, 6.07) is 4.60. The van der Waals surface area contributed by atoms with Crippen LogP contribution in [0.15, 0.2) is 18.2 Å². The van der Waals surface area contributed by atoms with Crippen molar-refractivity contribution >= 4 is 35.0 Å². The van der Waals surface area contributed by atoms with Crippen molar-refractivity contribution in [2.24, 2.45) is 0 Å². The molecule has 6 nitrogen and oxygen atoms in total. The normalized spacial score (nSPS) is 9.95. The molecule has 114 valence electrons. The summed E-state index contributed by atoms with van der Waals surface area (Å²) in [7, 11) is 2.57. The monoisotopic (exact) mass is 310 g/mol. The van der Waals surface area contributed by atoms with Gasteiger partial charge in [0.1, 0.15) is 0 Å². The predicted octanol–water partition coefficient (Wildman–Crippen LogP) is 1.95. The largest absolute Gasteiger partial charge is 0.465 e. The van der Waals surface area contributed by atoms with E-state index in [1.165, 1.54) is 32.4 Å². The van der Waals surface area contributed by atoms with Gasteiger partial charge in [-0.15, -0.1) is 0 Å². The summed E-state index contributed by atoms with van der Waals surface area (Å²) in [6.07, 6.45) is 0. The molecule has 0 spiro atoms. The minimum atomic E-state index is -0.527. The van der Waals surface area contributed by atoms with E-state index in [9.17, 15) is 9.59 Å². The minimum Gasteiger partial charge on any atom is -0.465 e. The molecule has 0 aromatic heterocycles. The van der Waals surface area contributed by atoms with Gasteiger partial charge in [0.2, 0.25) is 0 Å². The van der Waals surface area contributed by atoms with Crippen LogP contribution in [0.25, 0.3) is 0 Å². The van der Waals surface area contributed by atoms with Crippen molar-refractivity contribution in [3.63, 3.8) is 0 Å². The highest BCUT2D eigenvalue weighted by molar-refractivity contribution is 7.80. The molecule has 0 saturated heterocycles. The van der Waals surface area contributed by atoms with Crippen LogP contribution in [-0.2, 0) is 9.47 Å². The highest BCUT2D eigenvalue weighted by atomic mass is 32.1. The second-order valence-electron chi connectivity index (χ2n) is 4.50. The summed E-state index contributed by atoms with van der Waals surface area (Å²) >= 11 is 5.14. The molecule has 0 aliphatic heterocycles. The summed E-state index contributed by atoms with van der Waals surface area (Å²) in [4.78, 5) is 23.3. The molecule has 0 saturated carbocycles. The van der Waals surface area contributed by atoms with Gasteiger partial charge < -0.3 is 20.1 Å². The van der Waals surface area contributed by atoms with E-state index in [2.05, 4.69) is 15.4 Å². The van der Waals surface area contributed by atoms with Crippen LogP contribution in [0.1, 0.15) is 34.6 Å². The summed E-state index contributed by atoms with van der Waals surface area (Å²) < 4.78 is 9.36. The molecule has 0 unspecified atom stereocenters. The Labute approximate surface area is 128 Å². The zero-order valence-electron chi connectivity index (χ0n) is 12.4. The van der Waals surface area contributed by atoms with Crippen molar-refractivity contribution in [3.05, 3.63) is 29.3 Å². The van der Waals surface area contributed by atoms with E-state index >= 15 is 0 Å². The van der Waals surface area contributed by atoms with Crippen molar-refractivity contribution in [2.45, 2.75) is 19.9 Å². The van der Waals surface area contributed by atoms with E-state index in [1.54, 1.807) is 0 Å². The number of rotatable bonds is 4. The van der Waals surface area contributed by atoms with Gasteiger partial charge in [-0.1, -0.05) is 0 Å². The summed E-state index contributed by atoms with van der Waals surface area (Å²) in [5, 5.41) is 6.22.